The molecule has 0 unspecified atom stereocenters. The molecule has 23 heavy (non-hydrogen) atoms. The topological polar surface area (TPSA) is 74.3 Å². The van der Waals surface area contributed by atoms with Crippen LogP contribution in [0.5, 0.6) is 0 Å². The lowest BCUT2D eigenvalue weighted by molar-refractivity contribution is 0.101. The third kappa shape index (κ3) is 2.85. The number of carbonyl (C=O) groups excluding carboxylic acids is 1. The van der Waals surface area contributed by atoms with Gasteiger partial charge in [-0.15, -0.1) is 0 Å². The molecule has 1 fully saturated rings. The molecule has 1 aliphatic heterocycles. The average molecular weight is 310 g/mol. The van der Waals surface area contributed by atoms with E-state index in [1.54, 1.807) is 12.1 Å². The zero-order valence-electron chi connectivity index (χ0n) is 13.3. The Morgan fingerprint density at radius 2 is 2.00 bits per heavy atom. The highest BCUT2D eigenvalue weighted by Crippen LogP contribution is 2.27. The first-order chi connectivity index (χ1) is 11.0. The fourth-order valence-corrected chi connectivity index (χ4v) is 3.04. The van der Waals surface area contributed by atoms with Crippen molar-refractivity contribution >= 4 is 22.6 Å². The number of hydrogen-bond acceptors (Lipinski definition) is 5. The molecule has 1 aromatic carbocycles. The Morgan fingerprint density at radius 3 is 2.61 bits per heavy atom. The van der Waals surface area contributed by atoms with Crippen LogP contribution in [0.25, 0.3) is 11.0 Å². The number of nitrogens with zero attached hydrogens (tertiary/aromatic N) is 2. The molecule has 2 aromatic rings. The van der Waals surface area contributed by atoms with Gasteiger partial charge >= 0.3 is 0 Å². The molecule has 2 heterocycles. The number of hydrogen-bond donors (Lipinski definition) is 0. The lowest BCUT2D eigenvalue weighted by Gasteiger charge is -2.29. The molecule has 1 aliphatic rings. The number of Topliss-reactive ketones (excluding diaryl/α,β-unsaturated/α-hetero) is 1. The zero-order chi connectivity index (χ0) is 16.6. The molecular weight excluding hydrogens is 292 g/mol. The van der Waals surface area contributed by atoms with Gasteiger partial charge in [-0.2, -0.15) is 5.26 Å². The van der Waals surface area contributed by atoms with Crippen LogP contribution in [-0.2, 0) is 0 Å². The first kappa shape index (κ1) is 15.3. The average Bonchev–Trinajstić information content (AvgIpc) is 2.54. The van der Waals surface area contributed by atoms with Crippen LogP contribution in [0.3, 0.4) is 0 Å². The summed E-state index contributed by atoms with van der Waals surface area (Å²) in [7, 11) is 0. The summed E-state index contributed by atoms with van der Waals surface area (Å²) in [6.07, 6.45) is 1.51. The molecule has 5 heteroatoms. The molecule has 1 aromatic heterocycles. The smallest absolute Gasteiger partial charge is 0.200 e. The number of anilines is 1. The van der Waals surface area contributed by atoms with Gasteiger partial charge in [0.2, 0.25) is 0 Å². The van der Waals surface area contributed by atoms with Crippen LogP contribution in [0.4, 0.5) is 5.88 Å². The van der Waals surface area contributed by atoms with Crippen LogP contribution in [0, 0.1) is 24.2 Å². The minimum Gasteiger partial charge on any atom is -0.440 e. The van der Waals surface area contributed by atoms with Gasteiger partial charge in [0, 0.05) is 25.1 Å². The van der Waals surface area contributed by atoms with Crippen molar-refractivity contribution in [3.8, 4) is 6.07 Å². The first-order valence-corrected chi connectivity index (χ1v) is 7.73. The molecule has 1 saturated heterocycles. The van der Waals surface area contributed by atoms with E-state index in [9.17, 15) is 9.59 Å². The SMILES string of the molecule is CC(=O)c1cc(C)cc2c(=O)cc(N3CCC(C#N)CC3)oc12. The fourth-order valence-electron chi connectivity index (χ4n) is 3.04. The number of nitriles is 1. The van der Waals surface area contributed by atoms with Gasteiger partial charge in [-0.25, -0.2) is 0 Å². The number of aryl methyl sites for hydroxylation is 1. The normalized spacial score (nSPS) is 15.6. The summed E-state index contributed by atoms with van der Waals surface area (Å²) in [6.45, 7) is 4.67. The van der Waals surface area contributed by atoms with Gasteiger partial charge in [0.05, 0.1) is 17.0 Å². The Hall–Kier alpha value is -2.61. The lowest BCUT2D eigenvalue weighted by Crippen LogP contribution is -2.33. The van der Waals surface area contributed by atoms with Gasteiger partial charge in [-0.05, 0) is 44.4 Å². The van der Waals surface area contributed by atoms with Crippen molar-refractivity contribution < 1.29 is 9.21 Å². The van der Waals surface area contributed by atoms with Crippen LogP contribution < -0.4 is 10.3 Å². The Balaban J connectivity index is 2.09. The number of ketones is 1. The highest BCUT2D eigenvalue weighted by molar-refractivity contribution is 6.05. The maximum absolute atomic E-state index is 12.4. The van der Waals surface area contributed by atoms with Gasteiger partial charge in [-0.3, -0.25) is 9.59 Å². The van der Waals surface area contributed by atoms with Crippen molar-refractivity contribution in [3.63, 3.8) is 0 Å². The molecule has 118 valence electrons. The summed E-state index contributed by atoms with van der Waals surface area (Å²) >= 11 is 0. The van der Waals surface area contributed by atoms with Crippen molar-refractivity contribution in [1.82, 2.24) is 0 Å². The summed E-state index contributed by atoms with van der Waals surface area (Å²) < 4.78 is 5.92. The second-order valence-corrected chi connectivity index (χ2v) is 6.08. The van der Waals surface area contributed by atoms with Crippen LogP contribution >= 0.6 is 0 Å². The number of rotatable bonds is 2. The van der Waals surface area contributed by atoms with Gasteiger partial charge in [0.15, 0.2) is 22.7 Å². The highest BCUT2D eigenvalue weighted by atomic mass is 16.4. The Bertz CT molecular complexity index is 868. The van der Waals surface area contributed by atoms with E-state index < -0.39 is 0 Å². The molecule has 0 N–H and O–H groups in total. The molecule has 0 bridgehead atoms. The summed E-state index contributed by atoms with van der Waals surface area (Å²) in [5, 5.41) is 9.41. The lowest BCUT2D eigenvalue weighted by atomic mass is 9.98. The van der Waals surface area contributed by atoms with E-state index in [0.29, 0.717) is 35.5 Å². The number of fused-ring (bicyclic) bond motifs is 1. The minimum atomic E-state index is -0.144. The summed E-state index contributed by atoms with van der Waals surface area (Å²) in [4.78, 5) is 26.3. The van der Waals surface area contributed by atoms with Crippen molar-refractivity contribution in [2.75, 3.05) is 18.0 Å². The summed E-state index contributed by atoms with van der Waals surface area (Å²) in [5.74, 6) is 0.418. The number of benzene rings is 1. The molecule has 3 rings (SSSR count). The van der Waals surface area contributed by atoms with Crippen LogP contribution in [-0.4, -0.2) is 18.9 Å². The van der Waals surface area contributed by atoms with E-state index in [0.717, 1.165) is 18.4 Å². The van der Waals surface area contributed by atoms with Gasteiger partial charge in [0.1, 0.15) is 0 Å². The highest BCUT2D eigenvalue weighted by Gasteiger charge is 2.22. The third-order valence-electron chi connectivity index (χ3n) is 4.33. The van der Waals surface area contributed by atoms with E-state index in [2.05, 4.69) is 6.07 Å². The minimum absolute atomic E-state index is 0.0638. The maximum atomic E-state index is 12.4. The summed E-state index contributed by atoms with van der Waals surface area (Å²) in [6, 6.07) is 7.27. The fraction of sp³-hybridized carbons (Fsp3) is 0.389. The van der Waals surface area contributed by atoms with Crippen molar-refractivity contribution in [3.05, 3.63) is 39.5 Å². The largest absolute Gasteiger partial charge is 0.440 e. The molecule has 0 atom stereocenters. The van der Waals surface area contributed by atoms with E-state index in [-0.39, 0.29) is 17.1 Å². The predicted molar refractivity (Wildman–Crippen MR) is 87.8 cm³/mol. The van der Waals surface area contributed by atoms with Crippen molar-refractivity contribution in [2.24, 2.45) is 5.92 Å². The molecule has 5 nitrogen and oxygen atoms in total. The quantitative estimate of drug-likeness (QED) is 0.797. The van der Waals surface area contributed by atoms with E-state index in [1.807, 2.05) is 11.8 Å². The monoisotopic (exact) mass is 310 g/mol. The van der Waals surface area contributed by atoms with Crippen LogP contribution in [0.2, 0.25) is 0 Å². The maximum Gasteiger partial charge on any atom is 0.200 e. The Morgan fingerprint density at radius 1 is 1.30 bits per heavy atom. The van der Waals surface area contributed by atoms with Crippen LogP contribution in [0.1, 0.15) is 35.7 Å². The standard InChI is InChI=1S/C18H18N2O3/c1-11-7-14(12(2)21)18-15(8-11)16(22)9-17(23-18)20-5-3-13(10-19)4-6-20/h7-9,13H,3-6H2,1-2H3. The molecular formula is C18H18N2O3. The molecule has 0 saturated carbocycles. The second kappa shape index (κ2) is 5.88. The third-order valence-corrected chi connectivity index (χ3v) is 4.33. The predicted octanol–water partition coefficient (Wildman–Crippen LogP) is 3.04. The zero-order valence-corrected chi connectivity index (χ0v) is 13.3. The Kier molecular flexibility index (Phi) is 3.91. The van der Waals surface area contributed by atoms with Gasteiger partial charge < -0.3 is 9.32 Å². The number of piperidine rings is 1. The van der Waals surface area contributed by atoms with E-state index in [4.69, 9.17) is 9.68 Å². The molecule has 0 spiro atoms. The van der Waals surface area contributed by atoms with E-state index >= 15 is 0 Å². The second-order valence-electron chi connectivity index (χ2n) is 6.08. The van der Waals surface area contributed by atoms with Gasteiger partial charge in [-0.1, -0.05) is 0 Å². The number of carbonyl (C=O) groups is 1. The van der Waals surface area contributed by atoms with Crippen LogP contribution in [0.15, 0.2) is 27.4 Å². The molecule has 0 radical (unpaired) electrons. The van der Waals surface area contributed by atoms with Gasteiger partial charge in [0.25, 0.3) is 0 Å². The first-order valence-electron chi connectivity index (χ1n) is 7.73. The Labute approximate surface area is 134 Å². The van der Waals surface area contributed by atoms with E-state index in [1.165, 1.54) is 13.0 Å². The summed E-state index contributed by atoms with van der Waals surface area (Å²) in [5.41, 5.74) is 1.51. The molecule has 0 aliphatic carbocycles. The molecule has 0 amide bonds. The van der Waals surface area contributed by atoms with Crippen molar-refractivity contribution in [1.29, 1.82) is 5.26 Å². The van der Waals surface area contributed by atoms with Crippen molar-refractivity contribution in [2.45, 2.75) is 26.7 Å².